The third-order valence-electron chi connectivity index (χ3n) is 4.14. The van der Waals surface area contributed by atoms with E-state index in [1.165, 1.54) is 0 Å². The minimum Gasteiger partial charge on any atom is -0.455 e. The van der Waals surface area contributed by atoms with Crippen LogP contribution in [0.5, 0.6) is 0 Å². The topological polar surface area (TPSA) is 72.5 Å². The molecule has 3 aromatic carbocycles. The molecule has 0 bridgehead atoms. The molecular weight excluding hydrogens is 354 g/mol. The van der Waals surface area contributed by atoms with Gasteiger partial charge in [0.15, 0.2) is 6.61 Å². The van der Waals surface area contributed by atoms with Crippen LogP contribution in [0, 0.1) is 0 Å². The highest BCUT2D eigenvalue weighted by Crippen LogP contribution is 2.25. The van der Waals surface area contributed by atoms with Crippen molar-refractivity contribution in [3.05, 3.63) is 108 Å². The van der Waals surface area contributed by atoms with Crippen LogP contribution in [0.15, 0.2) is 91.0 Å². The Hall–Kier alpha value is -3.73. The van der Waals surface area contributed by atoms with Gasteiger partial charge >= 0.3 is 5.97 Å². The van der Waals surface area contributed by atoms with Crippen LogP contribution in [0.25, 0.3) is 0 Å². The van der Waals surface area contributed by atoms with Crippen LogP contribution >= 0.6 is 0 Å². The number of carbonyl (C=O) groups excluding carboxylic acids is 3. The average molecular weight is 373 g/mol. The first-order chi connectivity index (χ1) is 13.6. The Kier molecular flexibility index (Phi) is 6.31. The zero-order valence-electron chi connectivity index (χ0n) is 15.1. The van der Waals surface area contributed by atoms with Crippen molar-refractivity contribution in [3.8, 4) is 0 Å². The SMILES string of the molecule is O=C(COC(=O)C(c1ccccc1)c1ccccc1)NC(=O)c1ccccc1. The van der Waals surface area contributed by atoms with E-state index in [-0.39, 0.29) is 0 Å². The summed E-state index contributed by atoms with van der Waals surface area (Å²) in [5, 5.41) is 2.21. The van der Waals surface area contributed by atoms with Crippen LogP contribution in [0.1, 0.15) is 27.4 Å². The van der Waals surface area contributed by atoms with Crippen LogP contribution in [0.4, 0.5) is 0 Å². The second-order valence-corrected chi connectivity index (χ2v) is 6.11. The molecule has 0 aromatic heterocycles. The monoisotopic (exact) mass is 373 g/mol. The lowest BCUT2D eigenvalue weighted by Gasteiger charge is -2.17. The summed E-state index contributed by atoms with van der Waals surface area (Å²) in [4.78, 5) is 36.7. The van der Waals surface area contributed by atoms with Gasteiger partial charge in [-0.05, 0) is 23.3 Å². The minimum atomic E-state index is -0.679. The fraction of sp³-hybridized carbons (Fsp3) is 0.0870. The molecule has 0 aliphatic carbocycles. The molecule has 5 heteroatoms. The summed E-state index contributed by atoms with van der Waals surface area (Å²) in [5.41, 5.74) is 1.88. The number of ether oxygens (including phenoxy) is 1. The maximum Gasteiger partial charge on any atom is 0.318 e. The highest BCUT2D eigenvalue weighted by molar-refractivity contribution is 6.05. The van der Waals surface area contributed by atoms with E-state index in [2.05, 4.69) is 5.32 Å². The van der Waals surface area contributed by atoms with Crippen molar-refractivity contribution in [1.29, 1.82) is 0 Å². The first-order valence-electron chi connectivity index (χ1n) is 8.81. The third kappa shape index (κ3) is 4.92. The van der Waals surface area contributed by atoms with Gasteiger partial charge in [0, 0.05) is 5.56 Å². The number of esters is 1. The zero-order valence-corrected chi connectivity index (χ0v) is 15.1. The molecule has 0 saturated heterocycles. The number of amides is 2. The first-order valence-corrected chi connectivity index (χ1v) is 8.81. The molecule has 3 aromatic rings. The first kappa shape index (κ1) is 19.0. The molecule has 28 heavy (non-hydrogen) atoms. The standard InChI is InChI=1S/C23H19NO4/c25-20(24-22(26)19-14-8-3-9-15-19)16-28-23(27)21(17-10-4-1-5-11-17)18-12-6-2-7-13-18/h1-15,21H,16H2,(H,24,25,26). The maximum atomic E-state index is 12.7. The summed E-state index contributed by atoms with van der Waals surface area (Å²) in [6.07, 6.45) is 0. The van der Waals surface area contributed by atoms with Crippen molar-refractivity contribution in [2.45, 2.75) is 5.92 Å². The van der Waals surface area contributed by atoms with E-state index < -0.39 is 30.3 Å². The molecular formula is C23H19NO4. The van der Waals surface area contributed by atoms with Gasteiger partial charge in [-0.2, -0.15) is 0 Å². The summed E-state index contributed by atoms with van der Waals surface area (Å²) >= 11 is 0. The van der Waals surface area contributed by atoms with Gasteiger partial charge in [-0.25, -0.2) is 0 Å². The highest BCUT2D eigenvalue weighted by atomic mass is 16.5. The largest absolute Gasteiger partial charge is 0.455 e. The second kappa shape index (κ2) is 9.28. The molecule has 0 heterocycles. The lowest BCUT2D eigenvalue weighted by atomic mass is 9.91. The van der Waals surface area contributed by atoms with Gasteiger partial charge in [0.2, 0.25) is 0 Å². The molecule has 0 saturated carbocycles. The Morgan fingerprint density at radius 2 is 1.18 bits per heavy atom. The number of hydrogen-bond acceptors (Lipinski definition) is 4. The van der Waals surface area contributed by atoms with E-state index in [0.29, 0.717) is 5.56 Å². The van der Waals surface area contributed by atoms with Crippen molar-refractivity contribution < 1.29 is 19.1 Å². The Bertz CT molecular complexity index is 901. The Morgan fingerprint density at radius 1 is 0.714 bits per heavy atom. The van der Waals surface area contributed by atoms with E-state index in [0.717, 1.165) is 11.1 Å². The summed E-state index contributed by atoms with van der Waals surface area (Å²) in [5.74, 6) is -2.42. The molecule has 0 radical (unpaired) electrons. The van der Waals surface area contributed by atoms with Crippen LogP contribution in [-0.2, 0) is 14.3 Å². The molecule has 0 aliphatic heterocycles. The van der Waals surface area contributed by atoms with Crippen molar-refractivity contribution in [3.63, 3.8) is 0 Å². The molecule has 1 N–H and O–H groups in total. The van der Waals surface area contributed by atoms with Crippen LogP contribution in [0.3, 0.4) is 0 Å². The zero-order chi connectivity index (χ0) is 19.8. The predicted octanol–water partition coefficient (Wildman–Crippen LogP) is 3.32. The Balaban J connectivity index is 1.66. The van der Waals surface area contributed by atoms with E-state index >= 15 is 0 Å². The number of benzene rings is 3. The predicted molar refractivity (Wildman–Crippen MR) is 105 cm³/mol. The van der Waals surface area contributed by atoms with Crippen molar-refractivity contribution in [1.82, 2.24) is 5.32 Å². The third-order valence-corrected chi connectivity index (χ3v) is 4.14. The fourth-order valence-electron chi connectivity index (χ4n) is 2.80. The summed E-state index contributed by atoms with van der Waals surface area (Å²) in [6.45, 7) is -0.534. The van der Waals surface area contributed by atoms with Gasteiger partial charge in [0.1, 0.15) is 5.92 Å². The van der Waals surface area contributed by atoms with Gasteiger partial charge in [-0.15, -0.1) is 0 Å². The number of rotatable bonds is 6. The van der Waals surface area contributed by atoms with Crippen molar-refractivity contribution in [2.75, 3.05) is 6.61 Å². The maximum absolute atomic E-state index is 12.7. The lowest BCUT2D eigenvalue weighted by Crippen LogP contribution is -2.34. The normalized spacial score (nSPS) is 10.3. The second-order valence-electron chi connectivity index (χ2n) is 6.11. The minimum absolute atomic E-state index is 0.355. The van der Waals surface area contributed by atoms with Gasteiger partial charge in [-0.3, -0.25) is 19.7 Å². The molecule has 0 spiro atoms. The molecule has 2 amide bonds. The summed E-state index contributed by atoms with van der Waals surface area (Å²) in [6, 6.07) is 26.7. The van der Waals surface area contributed by atoms with E-state index in [4.69, 9.17) is 4.74 Å². The summed E-state index contributed by atoms with van der Waals surface area (Å²) in [7, 11) is 0. The van der Waals surface area contributed by atoms with E-state index in [1.807, 2.05) is 60.7 Å². The quantitative estimate of drug-likeness (QED) is 0.673. The average Bonchev–Trinajstić information content (AvgIpc) is 2.74. The van der Waals surface area contributed by atoms with Gasteiger partial charge in [0.25, 0.3) is 11.8 Å². The fourth-order valence-corrected chi connectivity index (χ4v) is 2.80. The molecule has 0 atom stereocenters. The Labute approximate surface area is 163 Å². The number of carbonyl (C=O) groups is 3. The number of imide groups is 1. The number of hydrogen-bond donors (Lipinski definition) is 1. The smallest absolute Gasteiger partial charge is 0.318 e. The van der Waals surface area contributed by atoms with Crippen LogP contribution in [0.2, 0.25) is 0 Å². The van der Waals surface area contributed by atoms with Gasteiger partial charge < -0.3 is 4.74 Å². The molecule has 0 fully saturated rings. The van der Waals surface area contributed by atoms with Gasteiger partial charge in [-0.1, -0.05) is 78.9 Å². The van der Waals surface area contributed by atoms with Crippen molar-refractivity contribution in [2.24, 2.45) is 0 Å². The molecule has 140 valence electrons. The lowest BCUT2D eigenvalue weighted by molar-refractivity contribution is -0.148. The van der Waals surface area contributed by atoms with Gasteiger partial charge in [0.05, 0.1) is 0 Å². The summed E-state index contributed by atoms with van der Waals surface area (Å²) < 4.78 is 5.21. The number of nitrogens with one attached hydrogen (secondary N) is 1. The van der Waals surface area contributed by atoms with Crippen molar-refractivity contribution >= 4 is 17.8 Å². The van der Waals surface area contributed by atoms with E-state index in [9.17, 15) is 14.4 Å². The van der Waals surface area contributed by atoms with Crippen LogP contribution < -0.4 is 5.32 Å². The molecule has 0 aliphatic rings. The molecule has 3 rings (SSSR count). The van der Waals surface area contributed by atoms with Crippen LogP contribution in [-0.4, -0.2) is 24.4 Å². The highest BCUT2D eigenvalue weighted by Gasteiger charge is 2.25. The molecule has 0 unspecified atom stereocenters. The van der Waals surface area contributed by atoms with E-state index in [1.54, 1.807) is 30.3 Å². The Morgan fingerprint density at radius 3 is 1.68 bits per heavy atom. The molecule has 5 nitrogen and oxygen atoms in total.